The molecule has 2 heterocycles. The van der Waals surface area contributed by atoms with Crippen molar-refractivity contribution in [2.24, 2.45) is 17.8 Å². The maximum absolute atomic E-state index is 13.7. The first kappa shape index (κ1) is 29.9. The lowest BCUT2D eigenvalue weighted by Crippen LogP contribution is -2.50. The average molecular weight is 693 g/mol. The Morgan fingerprint density at radius 2 is 1.52 bits per heavy atom. The minimum Gasteiger partial charge on any atom is -0.497 e. The topological polar surface area (TPSA) is 93.2 Å². The minimum atomic E-state index is -2.03. The molecule has 2 saturated heterocycles. The second kappa shape index (κ2) is 9.91. The Morgan fingerprint density at radius 1 is 0.905 bits per heavy atom. The van der Waals surface area contributed by atoms with Gasteiger partial charge in [0.25, 0.3) is 0 Å². The molecule has 2 bridgehead atoms. The van der Waals surface area contributed by atoms with E-state index >= 15 is 0 Å². The summed E-state index contributed by atoms with van der Waals surface area (Å²) >= 11 is 39.4. The van der Waals surface area contributed by atoms with Crippen LogP contribution in [-0.4, -0.2) is 51.4 Å². The smallest absolute Gasteiger partial charge is 0.316 e. The molecule has 2 aromatic rings. The van der Waals surface area contributed by atoms with Crippen LogP contribution in [0.3, 0.4) is 0 Å². The van der Waals surface area contributed by atoms with Gasteiger partial charge >= 0.3 is 5.97 Å². The van der Waals surface area contributed by atoms with Gasteiger partial charge in [-0.15, -0.1) is 23.2 Å². The van der Waals surface area contributed by atoms with Crippen LogP contribution < -0.4 is 19.3 Å². The summed E-state index contributed by atoms with van der Waals surface area (Å²) < 4.78 is 8.78. The fraction of sp³-hybridized carbons (Fsp3) is 0.357. The van der Waals surface area contributed by atoms with Crippen molar-refractivity contribution >= 4 is 105 Å². The number of amides is 3. The first-order chi connectivity index (χ1) is 19.7. The molecule has 42 heavy (non-hydrogen) atoms. The standard InChI is InChI=1S/C28H20Cl6N2O6/c1-12-8-16(42-25(40)13-9-18(37)35(11-13)14-4-3-5-15(10-14)41-2)6-7-17(12)36-23(38)19-20(24(36)39)27(32)22(30)21(29)26(19,31)28(27,33)34/h3-8,10,13,19-20H,9,11H2,1-2H3/t13-,19-,20+,26-,27-/m1/s1. The number of carbonyl (C=O) groups excluding carboxylic acids is 4. The summed E-state index contributed by atoms with van der Waals surface area (Å²) in [4.78, 5) is 51.6. The van der Waals surface area contributed by atoms with Crippen molar-refractivity contribution in [3.8, 4) is 11.5 Å². The summed E-state index contributed by atoms with van der Waals surface area (Å²) in [7, 11) is 1.53. The molecule has 0 aromatic heterocycles. The Bertz CT molecular complexity index is 1580. The summed E-state index contributed by atoms with van der Waals surface area (Å²) in [5.74, 6) is -4.67. The highest BCUT2D eigenvalue weighted by atomic mass is 35.5. The molecule has 5 atom stereocenters. The molecule has 220 valence electrons. The van der Waals surface area contributed by atoms with Gasteiger partial charge in [-0.25, -0.2) is 4.90 Å². The van der Waals surface area contributed by atoms with Crippen LogP contribution in [0, 0.1) is 24.7 Å². The molecule has 0 spiro atoms. The molecule has 4 aliphatic rings. The van der Waals surface area contributed by atoms with Crippen LogP contribution in [0.1, 0.15) is 12.0 Å². The highest BCUT2D eigenvalue weighted by Crippen LogP contribution is 2.77. The zero-order valence-electron chi connectivity index (χ0n) is 21.8. The Kier molecular flexibility index (Phi) is 7.04. The van der Waals surface area contributed by atoms with Crippen molar-refractivity contribution in [1.29, 1.82) is 0 Å². The number of hydrogen-bond acceptors (Lipinski definition) is 6. The molecule has 0 N–H and O–H groups in total. The average Bonchev–Trinajstić information content (AvgIpc) is 3.54. The van der Waals surface area contributed by atoms with E-state index in [1.54, 1.807) is 31.2 Å². The summed E-state index contributed by atoms with van der Waals surface area (Å²) in [5, 5.41) is -0.353. The lowest BCUT2D eigenvalue weighted by atomic mass is 9.84. The molecule has 0 unspecified atom stereocenters. The van der Waals surface area contributed by atoms with E-state index in [4.69, 9.17) is 79.1 Å². The Labute approximate surface area is 270 Å². The second-order valence-corrected chi connectivity index (χ2v) is 13.8. The third-order valence-electron chi connectivity index (χ3n) is 8.36. The molecule has 1 saturated carbocycles. The van der Waals surface area contributed by atoms with Gasteiger partial charge < -0.3 is 14.4 Å². The number of imide groups is 1. The van der Waals surface area contributed by atoms with Crippen LogP contribution in [0.15, 0.2) is 52.5 Å². The second-order valence-electron chi connectivity index (χ2n) is 10.6. The Balaban J connectivity index is 1.21. The lowest BCUT2D eigenvalue weighted by molar-refractivity contribution is -0.139. The number of carbonyl (C=O) groups is 4. The number of rotatable bonds is 5. The highest BCUT2D eigenvalue weighted by Gasteiger charge is 2.87. The molecule has 2 aliphatic heterocycles. The number of allylic oxidation sites excluding steroid dienone is 2. The predicted octanol–water partition coefficient (Wildman–Crippen LogP) is 5.91. The molecule has 6 rings (SSSR count). The van der Waals surface area contributed by atoms with Gasteiger partial charge in [-0.2, -0.15) is 0 Å². The van der Waals surface area contributed by atoms with E-state index in [9.17, 15) is 19.2 Å². The van der Waals surface area contributed by atoms with E-state index in [2.05, 4.69) is 0 Å². The summed E-state index contributed by atoms with van der Waals surface area (Å²) in [6, 6.07) is 11.4. The number of fused-ring (bicyclic) bond motifs is 5. The van der Waals surface area contributed by atoms with E-state index in [1.807, 2.05) is 0 Å². The number of benzene rings is 2. The fourth-order valence-corrected chi connectivity index (χ4v) is 9.20. The van der Waals surface area contributed by atoms with Gasteiger partial charge in [0.05, 0.1) is 40.6 Å². The number of methoxy groups -OCH3 is 1. The Morgan fingerprint density at radius 3 is 2.10 bits per heavy atom. The van der Waals surface area contributed by atoms with E-state index in [0.717, 1.165) is 4.90 Å². The lowest BCUT2D eigenvalue weighted by Gasteiger charge is -2.34. The molecular weight excluding hydrogens is 673 g/mol. The van der Waals surface area contributed by atoms with Crippen molar-refractivity contribution < 1.29 is 28.7 Å². The monoisotopic (exact) mass is 690 g/mol. The van der Waals surface area contributed by atoms with Crippen molar-refractivity contribution in [1.82, 2.24) is 0 Å². The van der Waals surface area contributed by atoms with Crippen LogP contribution >= 0.6 is 69.6 Å². The van der Waals surface area contributed by atoms with E-state index in [-0.39, 0.29) is 40.4 Å². The first-order valence-electron chi connectivity index (χ1n) is 12.7. The molecule has 3 amide bonds. The predicted molar refractivity (Wildman–Crippen MR) is 160 cm³/mol. The van der Waals surface area contributed by atoms with Gasteiger partial charge in [0.1, 0.15) is 21.2 Å². The van der Waals surface area contributed by atoms with Gasteiger partial charge in [-0.1, -0.05) is 52.5 Å². The number of ether oxygens (including phenoxy) is 2. The van der Waals surface area contributed by atoms with Crippen LogP contribution in [0.25, 0.3) is 0 Å². The molecule has 0 radical (unpaired) electrons. The van der Waals surface area contributed by atoms with E-state index < -0.39 is 49.6 Å². The van der Waals surface area contributed by atoms with Gasteiger partial charge in [-0.05, 0) is 42.8 Å². The van der Waals surface area contributed by atoms with Crippen LogP contribution in [0.2, 0.25) is 0 Å². The third kappa shape index (κ3) is 3.75. The summed E-state index contributed by atoms with van der Waals surface area (Å²) in [6.07, 6.45) is -0.0190. The molecule has 2 aromatic carbocycles. The van der Waals surface area contributed by atoms with Gasteiger partial charge in [0.2, 0.25) is 17.7 Å². The maximum atomic E-state index is 13.7. The van der Waals surface area contributed by atoms with Crippen molar-refractivity contribution in [3.63, 3.8) is 0 Å². The minimum absolute atomic E-state index is 0.0190. The van der Waals surface area contributed by atoms with Gasteiger partial charge in [0, 0.05) is 24.7 Å². The number of esters is 1. The number of halogens is 6. The summed E-state index contributed by atoms with van der Waals surface area (Å²) in [5.41, 5.74) is 1.28. The first-order valence-corrected chi connectivity index (χ1v) is 14.9. The number of anilines is 2. The molecule has 14 heteroatoms. The largest absolute Gasteiger partial charge is 0.497 e. The van der Waals surface area contributed by atoms with Crippen LogP contribution in [-0.2, 0) is 19.2 Å². The Hall–Kier alpha value is -2.20. The van der Waals surface area contributed by atoms with Crippen molar-refractivity contribution in [2.75, 3.05) is 23.5 Å². The zero-order valence-corrected chi connectivity index (χ0v) is 26.3. The van der Waals surface area contributed by atoms with Crippen molar-refractivity contribution in [3.05, 3.63) is 58.1 Å². The number of nitrogens with zero attached hydrogens (tertiary/aromatic N) is 2. The molecule has 8 nitrogen and oxygen atoms in total. The van der Waals surface area contributed by atoms with E-state index in [0.29, 0.717) is 17.0 Å². The van der Waals surface area contributed by atoms with E-state index in [1.165, 1.54) is 30.2 Å². The van der Waals surface area contributed by atoms with Gasteiger partial charge in [0.15, 0.2) is 4.33 Å². The number of aryl methyl sites for hydroxylation is 1. The third-order valence-corrected chi connectivity index (χ3v) is 12.6. The number of hydrogen-bond donors (Lipinski definition) is 0. The number of alkyl halides is 4. The summed E-state index contributed by atoms with van der Waals surface area (Å²) in [6.45, 7) is 1.78. The molecule has 3 fully saturated rings. The normalized spacial score (nSPS) is 31.3. The van der Waals surface area contributed by atoms with Crippen LogP contribution in [0.4, 0.5) is 11.4 Å². The molecule has 2 aliphatic carbocycles. The highest BCUT2D eigenvalue weighted by molar-refractivity contribution is 6.67. The van der Waals surface area contributed by atoms with Gasteiger partial charge in [-0.3, -0.25) is 19.2 Å². The fourth-order valence-electron chi connectivity index (χ4n) is 6.27. The van der Waals surface area contributed by atoms with Crippen LogP contribution in [0.5, 0.6) is 11.5 Å². The SMILES string of the molecule is COc1cccc(N2C[C@H](C(=O)Oc3ccc(N4C(=O)[C@@H]5[C@H](C4=O)[C@@]4(Cl)C(Cl)=C(Cl)[C@@]5(Cl)C4(Cl)Cl)c(C)c3)CC2=O)c1. The zero-order chi connectivity index (χ0) is 30.5. The molecular formula is C28H20Cl6N2O6. The van der Waals surface area contributed by atoms with Crippen molar-refractivity contribution in [2.45, 2.75) is 27.4 Å². The maximum Gasteiger partial charge on any atom is 0.316 e. The quantitative estimate of drug-likeness (QED) is 0.167.